The molecule has 4 heterocycles. The molecule has 0 aliphatic carbocycles. The van der Waals surface area contributed by atoms with Gasteiger partial charge in [0, 0.05) is 54.6 Å². The molecule has 0 saturated carbocycles. The second-order valence-electron chi connectivity index (χ2n) is 9.30. The number of likely N-dealkylation sites (tertiary alicyclic amines) is 1. The number of amides is 3. The first kappa shape index (κ1) is 23.0. The number of hydrogen-bond acceptors (Lipinski definition) is 4. The van der Waals surface area contributed by atoms with Gasteiger partial charge in [0.15, 0.2) is 0 Å². The molecule has 2 aromatic carbocycles. The van der Waals surface area contributed by atoms with Gasteiger partial charge >= 0.3 is 6.03 Å². The molecule has 0 bridgehead atoms. The molecule has 188 valence electrons. The van der Waals surface area contributed by atoms with E-state index in [1.54, 1.807) is 35.5 Å². The summed E-state index contributed by atoms with van der Waals surface area (Å²) in [5.41, 5.74) is 4.64. The lowest BCUT2D eigenvalue weighted by molar-refractivity contribution is -0.127. The van der Waals surface area contributed by atoms with Crippen LogP contribution < -0.4 is 10.6 Å². The second-order valence-corrected chi connectivity index (χ2v) is 9.30. The van der Waals surface area contributed by atoms with Crippen LogP contribution in [0.1, 0.15) is 24.4 Å². The van der Waals surface area contributed by atoms with Crippen molar-refractivity contribution in [3.05, 3.63) is 78.8 Å². The maximum Gasteiger partial charge on any atom is 0.319 e. The summed E-state index contributed by atoms with van der Waals surface area (Å²) in [6.07, 6.45) is 8.46. The number of carbonyl (C=O) groups excluding carboxylic acids is 2. The predicted octanol–water partition coefficient (Wildman–Crippen LogP) is 3.90. The molecule has 3 amide bonds. The number of fused-ring (bicyclic) bond motifs is 3. The van der Waals surface area contributed by atoms with Crippen molar-refractivity contribution in [3.8, 4) is 22.4 Å². The van der Waals surface area contributed by atoms with Gasteiger partial charge in [-0.05, 0) is 30.2 Å². The molecular weight excluding hydrogens is 473 g/mol. The molecular formula is C27H26FN7O2. The van der Waals surface area contributed by atoms with Gasteiger partial charge < -0.3 is 20.1 Å². The van der Waals surface area contributed by atoms with Gasteiger partial charge in [-0.25, -0.2) is 14.2 Å². The number of carbonyl (C=O) groups is 2. The Hall–Kier alpha value is -4.47. The molecule has 37 heavy (non-hydrogen) atoms. The molecule has 1 fully saturated rings. The van der Waals surface area contributed by atoms with E-state index in [-0.39, 0.29) is 11.9 Å². The highest BCUT2D eigenvalue weighted by Crippen LogP contribution is 2.38. The molecule has 2 aliphatic heterocycles. The number of rotatable bonds is 7. The molecule has 2 N–H and O–H groups in total. The van der Waals surface area contributed by atoms with Crippen molar-refractivity contribution in [1.29, 1.82) is 0 Å². The molecule has 9 nitrogen and oxygen atoms in total. The fourth-order valence-corrected chi connectivity index (χ4v) is 5.12. The summed E-state index contributed by atoms with van der Waals surface area (Å²) < 4.78 is 18.7. The number of anilines is 1. The Balaban J connectivity index is 1.07. The maximum absolute atomic E-state index is 14.9. The van der Waals surface area contributed by atoms with Crippen molar-refractivity contribution in [1.82, 2.24) is 29.5 Å². The number of aromatic nitrogens is 4. The predicted molar refractivity (Wildman–Crippen MR) is 136 cm³/mol. The molecule has 2 aliphatic rings. The number of nitrogens with one attached hydrogen (secondary N) is 2. The number of nitrogens with zero attached hydrogens (tertiary/aromatic N) is 5. The van der Waals surface area contributed by atoms with Crippen LogP contribution in [0.3, 0.4) is 0 Å². The van der Waals surface area contributed by atoms with Crippen molar-refractivity contribution in [2.45, 2.75) is 25.4 Å². The normalized spacial score (nSPS) is 16.1. The van der Waals surface area contributed by atoms with Gasteiger partial charge in [0.2, 0.25) is 5.91 Å². The van der Waals surface area contributed by atoms with Gasteiger partial charge in [0.1, 0.15) is 5.82 Å². The Kier molecular flexibility index (Phi) is 5.91. The number of imidazole rings is 1. The smallest absolute Gasteiger partial charge is 0.319 e. The van der Waals surface area contributed by atoms with Gasteiger partial charge in [0.25, 0.3) is 0 Å². The van der Waals surface area contributed by atoms with E-state index >= 15 is 0 Å². The molecule has 0 spiro atoms. The highest BCUT2D eigenvalue weighted by molar-refractivity contribution is 5.89. The van der Waals surface area contributed by atoms with E-state index in [0.29, 0.717) is 42.9 Å². The minimum Gasteiger partial charge on any atom is -0.341 e. The topological polar surface area (TPSA) is 97.1 Å². The highest BCUT2D eigenvalue weighted by atomic mass is 19.1. The average molecular weight is 500 g/mol. The second kappa shape index (κ2) is 9.53. The molecule has 1 saturated heterocycles. The minimum atomic E-state index is -0.458. The molecule has 4 aromatic rings. The van der Waals surface area contributed by atoms with Crippen LogP contribution in [0.25, 0.3) is 22.4 Å². The Morgan fingerprint density at radius 1 is 1.11 bits per heavy atom. The van der Waals surface area contributed by atoms with E-state index in [0.717, 1.165) is 29.8 Å². The lowest BCUT2D eigenvalue weighted by Gasteiger charge is -2.16. The third kappa shape index (κ3) is 4.46. The quantitative estimate of drug-likeness (QED) is 0.403. The third-order valence-electron chi connectivity index (χ3n) is 7.00. The van der Waals surface area contributed by atoms with Gasteiger partial charge in [0.05, 0.1) is 37.0 Å². The molecule has 0 radical (unpaired) electrons. The minimum absolute atomic E-state index is 0.0568. The fraction of sp³-hybridized carbons (Fsp3) is 0.259. The molecule has 6 rings (SSSR count). The molecule has 1 unspecified atom stereocenters. The Morgan fingerprint density at radius 3 is 2.84 bits per heavy atom. The van der Waals surface area contributed by atoms with Crippen LogP contribution in [-0.2, 0) is 11.3 Å². The summed E-state index contributed by atoms with van der Waals surface area (Å²) >= 11 is 0. The van der Waals surface area contributed by atoms with E-state index in [4.69, 9.17) is 0 Å². The van der Waals surface area contributed by atoms with Crippen LogP contribution in [0.15, 0.2) is 67.4 Å². The van der Waals surface area contributed by atoms with E-state index in [1.165, 1.54) is 6.07 Å². The zero-order chi connectivity index (χ0) is 25.4. The van der Waals surface area contributed by atoms with Crippen molar-refractivity contribution in [2.24, 2.45) is 0 Å². The van der Waals surface area contributed by atoms with Crippen LogP contribution in [0, 0.1) is 5.82 Å². The monoisotopic (exact) mass is 499 g/mol. The Labute approximate surface area is 212 Å². The van der Waals surface area contributed by atoms with Crippen LogP contribution in [-0.4, -0.2) is 55.8 Å². The summed E-state index contributed by atoms with van der Waals surface area (Å²) in [4.78, 5) is 30.4. The first-order valence-corrected chi connectivity index (χ1v) is 12.3. The third-order valence-corrected chi connectivity index (χ3v) is 7.00. The van der Waals surface area contributed by atoms with E-state index in [2.05, 4.69) is 26.8 Å². The fourth-order valence-electron chi connectivity index (χ4n) is 5.12. The summed E-state index contributed by atoms with van der Waals surface area (Å²) in [7, 11) is 0. The first-order valence-electron chi connectivity index (χ1n) is 12.3. The number of urea groups is 1. The zero-order valence-corrected chi connectivity index (χ0v) is 20.1. The Bertz CT molecular complexity index is 1480. The lowest BCUT2D eigenvalue weighted by atomic mass is 10.0. The zero-order valence-electron chi connectivity index (χ0n) is 20.1. The van der Waals surface area contributed by atoms with Crippen LogP contribution in [0.5, 0.6) is 0 Å². The molecule has 10 heteroatoms. The van der Waals surface area contributed by atoms with E-state index in [1.807, 2.05) is 33.9 Å². The summed E-state index contributed by atoms with van der Waals surface area (Å²) in [6, 6.07) is 12.2. The Morgan fingerprint density at radius 2 is 2.00 bits per heavy atom. The van der Waals surface area contributed by atoms with Gasteiger partial charge in [-0.15, -0.1) is 0 Å². The highest BCUT2D eigenvalue weighted by Gasteiger charge is 2.28. The number of halogens is 1. The van der Waals surface area contributed by atoms with Gasteiger partial charge in [-0.2, -0.15) is 5.10 Å². The van der Waals surface area contributed by atoms with E-state index in [9.17, 15) is 14.0 Å². The van der Waals surface area contributed by atoms with Crippen molar-refractivity contribution in [2.75, 3.05) is 25.0 Å². The number of benzene rings is 2. The standard InChI is InChI=1S/C27H26FN7O2/c28-23-12-19(7-8-20(23)18-13-31-34(16-18)11-10-33-9-3-6-26(33)36)32-27(37)30-15-25-22-5-2-1-4-21(22)24-14-29-17-35(24)25/h1-2,4-5,7-8,12-14,16-17,25H,3,6,9-11,15H2,(H2,30,32,37). The van der Waals surface area contributed by atoms with Gasteiger partial charge in [-0.1, -0.05) is 24.3 Å². The summed E-state index contributed by atoms with van der Waals surface area (Å²) in [6.45, 7) is 2.30. The largest absolute Gasteiger partial charge is 0.341 e. The van der Waals surface area contributed by atoms with E-state index < -0.39 is 11.8 Å². The molecule has 1 atom stereocenters. The SMILES string of the molecule is O=C(NCC1c2ccccc2-c2cncn21)Nc1ccc(-c2cnn(CCN3CCCC3=O)c2)c(F)c1. The van der Waals surface area contributed by atoms with Crippen LogP contribution >= 0.6 is 0 Å². The van der Waals surface area contributed by atoms with Crippen LogP contribution in [0.2, 0.25) is 0 Å². The number of hydrogen-bond donors (Lipinski definition) is 2. The van der Waals surface area contributed by atoms with Crippen molar-refractivity contribution < 1.29 is 14.0 Å². The summed E-state index contributed by atoms with van der Waals surface area (Å²) in [5.74, 6) is -0.287. The van der Waals surface area contributed by atoms with Crippen molar-refractivity contribution >= 4 is 17.6 Å². The molecule has 2 aromatic heterocycles. The maximum atomic E-state index is 14.9. The summed E-state index contributed by atoms with van der Waals surface area (Å²) in [5, 5.41) is 9.91. The lowest BCUT2D eigenvalue weighted by Crippen LogP contribution is -2.33. The first-order chi connectivity index (χ1) is 18.1. The average Bonchev–Trinajstić information content (AvgIpc) is 3.68. The van der Waals surface area contributed by atoms with Crippen molar-refractivity contribution in [3.63, 3.8) is 0 Å². The van der Waals surface area contributed by atoms with Crippen LogP contribution in [0.4, 0.5) is 14.9 Å². The van der Waals surface area contributed by atoms with Gasteiger partial charge in [-0.3, -0.25) is 9.48 Å².